The number of nitrogens with zero attached hydrogens (tertiary/aromatic N) is 4. The Hall–Kier alpha value is -2.22. The van der Waals surface area contributed by atoms with Crippen LogP contribution in [0.5, 0.6) is 0 Å². The van der Waals surface area contributed by atoms with E-state index in [1.54, 1.807) is 28.3 Å². The van der Waals surface area contributed by atoms with E-state index >= 15 is 0 Å². The molecule has 1 saturated heterocycles. The Bertz CT molecular complexity index is 713. The van der Waals surface area contributed by atoms with E-state index in [9.17, 15) is 9.59 Å². The zero-order valence-electron chi connectivity index (χ0n) is 13.8. The summed E-state index contributed by atoms with van der Waals surface area (Å²) in [6.07, 6.45) is 4.85. The van der Waals surface area contributed by atoms with Gasteiger partial charge in [-0.3, -0.25) is 9.59 Å². The molecule has 1 aliphatic heterocycles. The molecule has 24 heavy (non-hydrogen) atoms. The van der Waals surface area contributed by atoms with Crippen LogP contribution in [0.15, 0.2) is 22.9 Å². The Labute approximate surface area is 144 Å². The van der Waals surface area contributed by atoms with Crippen molar-refractivity contribution in [1.82, 2.24) is 19.2 Å². The van der Waals surface area contributed by atoms with Gasteiger partial charge in [0.1, 0.15) is 10.6 Å². The van der Waals surface area contributed by atoms with E-state index in [1.807, 2.05) is 6.92 Å². The van der Waals surface area contributed by atoms with Gasteiger partial charge >= 0.3 is 0 Å². The first-order valence-corrected chi connectivity index (χ1v) is 8.76. The minimum absolute atomic E-state index is 0.0173. The molecule has 128 valence electrons. The van der Waals surface area contributed by atoms with Gasteiger partial charge in [0.2, 0.25) is 11.8 Å². The lowest BCUT2D eigenvalue weighted by Gasteiger charge is -2.26. The molecule has 0 radical (unpaired) electrons. The number of amides is 2. The van der Waals surface area contributed by atoms with Gasteiger partial charge in [-0.05, 0) is 24.0 Å². The molecular formula is C16H20N4O3S. The van der Waals surface area contributed by atoms with Crippen molar-refractivity contribution in [2.45, 2.75) is 39.3 Å². The van der Waals surface area contributed by atoms with E-state index in [0.717, 1.165) is 18.6 Å². The summed E-state index contributed by atoms with van der Waals surface area (Å²) in [5, 5.41) is 0. The minimum Gasteiger partial charge on any atom is -0.444 e. The van der Waals surface area contributed by atoms with Crippen LogP contribution in [0.2, 0.25) is 0 Å². The maximum atomic E-state index is 12.4. The van der Waals surface area contributed by atoms with Crippen molar-refractivity contribution < 1.29 is 14.0 Å². The predicted molar refractivity (Wildman–Crippen MR) is 88.5 cm³/mol. The molecule has 0 bridgehead atoms. The minimum atomic E-state index is -0.0386. The van der Waals surface area contributed by atoms with E-state index in [4.69, 9.17) is 4.42 Å². The molecule has 2 amide bonds. The highest BCUT2D eigenvalue weighted by molar-refractivity contribution is 7.08. The molecule has 1 fully saturated rings. The van der Waals surface area contributed by atoms with Crippen LogP contribution in [0.3, 0.4) is 0 Å². The fraction of sp³-hybridized carbons (Fsp3) is 0.500. The van der Waals surface area contributed by atoms with Crippen molar-refractivity contribution >= 4 is 23.3 Å². The number of carbonyl (C=O) groups excluding carboxylic acids is 2. The molecule has 3 rings (SSSR count). The van der Waals surface area contributed by atoms with Gasteiger partial charge in [0.15, 0.2) is 0 Å². The highest BCUT2D eigenvalue weighted by Gasteiger charge is 2.33. The Kier molecular flexibility index (Phi) is 4.94. The summed E-state index contributed by atoms with van der Waals surface area (Å²) in [6.45, 7) is 5.03. The summed E-state index contributed by atoms with van der Waals surface area (Å²) in [7, 11) is 0. The summed E-state index contributed by atoms with van der Waals surface area (Å²) >= 11 is 1.19. The van der Waals surface area contributed by atoms with Gasteiger partial charge in [0.25, 0.3) is 5.91 Å². The molecule has 0 spiro atoms. The van der Waals surface area contributed by atoms with Gasteiger partial charge in [-0.2, -0.15) is 0 Å². The van der Waals surface area contributed by atoms with Crippen LogP contribution in [0, 0.1) is 0 Å². The normalized spacial score (nSPS) is 17.2. The van der Waals surface area contributed by atoms with Gasteiger partial charge in [-0.15, -0.1) is 0 Å². The van der Waals surface area contributed by atoms with Crippen LogP contribution in [0.1, 0.15) is 41.6 Å². The van der Waals surface area contributed by atoms with Crippen molar-refractivity contribution in [2.24, 2.45) is 0 Å². The van der Waals surface area contributed by atoms with Crippen LogP contribution in [-0.4, -0.2) is 50.1 Å². The van der Waals surface area contributed by atoms with Gasteiger partial charge in [-0.25, -0.2) is 9.36 Å². The molecule has 2 aromatic rings. The summed E-state index contributed by atoms with van der Waals surface area (Å²) < 4.78 is 9.59. The number of hydrogen-bond acceptors (Lipinski definition) is 6. The maximum absolute atomic E-state index is 12.4. The molecule has 0 saturated carbocycles. The number of aromatic nitrogens is 2. The van der Waals surface area contributed by atoms with E-state index in [1.165, 1.54) is 18.5 Å². The standard InChI is InChI=1S/C16H20N4O3S/c1-3-13-8-17-15(23-13)10-20(11(2)21)12-5-7-19(9-12)16(22)14-4-6-18-24-14/h4,6,8,12H,3,5,7,9-10H2,1-2H3. The smallest absolute Gasteiger partial charge is 0.265 e. The Morgan fingerprint density at radius 2 is 2.33 bits per heavy atom. The highest BCUT2D eigenvalue weighted by atomic mass is 32.1. The first-order valence-electron chi connectivity index (χ1n) is 7.99. The van der Waals surface area contributed by atoms with Crippen molar-refractivity contribution in [3.05, 3.63) is 35.0 Å². The van der Waals surface area contributed by atoms with Crippen molar-refractivity contribution in [3.63, 3.8) is 0 Å². The second-order valence-electron chi connectivity index (χ2n) is 5.79. The van der Waals surface area contributed by atoms with Crippen LogP contribution in [-0.2, 0) is 17.8 Å². The number of rotatable bonds is 5. The van der Waals surface area contributed by atoms with Crippen molar-refractivity contribution in [2.75, 3.05) is 13.1 Å². The lowest BCUT2D eigenvalue weighted by molar-refractivity contribution is -0.132. The molecular weight excluding hydrogens is 328 g/mol. The van der Waals surface area contributed by atoms with Crippen LogP contribution < -0.4 is 0 Å². The molecule has 0 aliphatic carbocycles. The van der Waals surface area contributed by atoms with E-state index < -0.39 is 0 Å². The zero-order chi connectivity index (χ0) is 17.1. The SMILES string of the molecule is CCc1cnc(CN(C(C)=O)C2CCN(C(=O)c3ccns3)C2)o1. The number of carbonyl (C=O) groups is 2. The molecule has 1 aliphatic rings. The topological polar surface area (TPSA) is 79.5 Å². The molecule has 7 nitrogen and oxygen atoms in total. The number of oxazole rings is 1. The average Bonchev–Trinajstić information content (AvgIpc) is 3.32. The number of hydrogen-bond donors (Lipinski definition) is 0. The molecule has 0 aromatic carbocycles. The molecule has 1 unspecified atom stereocenters. The van der Waals surface area contributed by atoms with Crippen molar-refractivity contribution in [1.29, 1.82) is 0 Å². The molecule has 8 heteroatoms. The maximum Gasteiger partial charge on any atom is 0.265 e. The zero-order valence-corrected chi connectivity index (χ0v) is 14.6. The van der Waals surface area contributed by atoms with Crippen molar-refractivity contribution in [3.8, 4) is 0 Å². The number of likely N-dealkylation sites (tertiary alicyclic amines) is 1. The lowest BCUT2D eigenvalue weighted by atomic mass is 10.2. The van der Waals surface area contributed by atoms with Gasteiger partial charge < -0.3 is 14.2 Å². The summed E-state index contributed by atoms with van der Waals surface area (Å²) in [5.74, 6) is 1.28. The second-order valence-corrected chi connectivity index (χ2v) is 6.62. The Morgan fingerprint density at radius 1 is 1.50 bits per heavy atom. The first-order chi connectivity index (χ1) is 11.6. The highest BCUT2D eigenvalue weighted by Crippen LogP contribution is 2.21. The van der Waals surface area contributed by atoms with E-state index in [-0.39, 0.29) is 17.9 Å². The van der Waals surface area contributed by atoms with E-state index in [0.29, 0.717) is 30.4 Å². The molecule has 3 heterocycles. The number of aryl methyl sites for hydroxylation is 1. The lowest BCUT2D eigenvalue weighted by Crippen LogP contribution is -2.41. The Morgan fingerprint density at radius 3 is 2.96 bits per heavy atom. The largest absolute Gasteiger partial charge is 0.444 e. The fourth-order valence-electron chi connectivity index (χ4n) is 2.89. The van der Waals surface area contributed by atoms with Gasteiger partial charge in [0, 0.05) is 32.6 Å². The third kappa shape index (κ3) is 3.48. The monoisotopic (exact) mass is 348 g/mol. The fourth-order valence-corrected chi connectivity index (χ4v) is 3.45. The van der Waals surface area contributed by atoms with Crippen LogP contribution >= 0.6 is 11.5 Å². The quantitative estimate of drug-likeness (QED) is 0.825. The molecule has 0 N–H and O–H groups in total. The molecule has 1 atom stereocenters. The van der Waals surface area contributed by atoms with Gasteiger partial charge in [0.05, 0.1) is 18.8 Å². The summed E-state index contributed by atoms with van der Waals surface area (Å²) in [6, 6.07) is 1.71. The second kappa shape index (κ2) is 7.12. The van der Waals surface area contributed by atoms with Crippen LogP contribution in [0.25, 0.3) is 0 Å². The third-order valence-corrected chi connectivity index (χ3v) is 4.93. The summed E-state index contributed by atoms with van der Waals surface area (Å²) in [5.41, 5.74) is 0. The van der Waals surface area contributed by atoms with E-state index in [2.05, 4.69) is 9.36 Å². The third-order valence-electron chi connectivity index (χ3n) is 4.20. The van der Waals surface area contributed by atoms with Gasteiger partial charge in [-0.1, -0.05) is 6.92 Å². The predicted octanol–water partition coefficient (Wildman–Crippen LogP) is 1.96. The Balaban J connectivity index is 1.66. The average molecular weight is 348 g/mol. The first kappa shape index (κ1) is 16.6. The van der Waals surface area contributed by atoms with Crippen LogP contribution in [0.4, 0.5) is 0 Å². The summed E-state index contributed by atoms with van der Waals surface area (Å²) in [4.78, 5) is 32.8. The molecule has 2 aromatic heterocycles.